The number of carboxylic acids is 5. The fraction of sp³-hybridized carbons (Fsp3) is 0.535. The number of amides is 7. The van der Waals surface area contributed by atoms with Crippen LogP contribution in [0, 0.1) is 0 Å². The second-order valence-corrected chi connectivity index (χ2v) is 28.5. The number of urea groups is 1. The lowest BCUT2D eigenvalue weighted by Gasteiger charge is -2.38. The number of carbonyl (C=O) groups excluding carboxylic acids is 7. The lowest BCUT2D eigenvalue weighted by Crippen LogP contribution is -2.54. The van der Waals surface area contributed by atoms with Crippen molar-refractivity contribution in [3.8, 4) is 0 Å². The molecule has 3 aromatic carbocycles. The summed E-state index contributed by atoms with van der Waals surface area (Å²) >= 11 is 17.0. The van der Waals surface area contributed by atoms with Gasteiger partial charge in [0.1, 0.15) is 17.9 Å². The summed E-state index contributed by atoms with van der Waals surface area (Å²) in [5.41, 5.74) is 26.9. The molecule has 7 amide bonds. The lowest BCUT2D eigenvalue weighted by molar-refractivity contribution is -0.140. The summed E-state index contributed by atoms with van der Waals surface area (Å²) in [5.74, 6) is -8.46. The fourth-order valence-corrected chi connectivity index (χ4v) is 13.3. The van der Waals surface area contributed by atoms with Crippen molar-refractivity contribution in [3.05, 3.63) is 89.5 Å². The SMILES string of the molecule is CC(=O)CCCC(NC(=O)NC(CCCCNC(=S)Nc1ccc(CC(=O)N(CCNC(=S)Nc2ccc(CC3CN(CC(N)=O)CCN(CC(N)=O)CCN(CC(N)=O)CCN3CC(N)=O)cc2)CCNC(=S)Nc2ccc(CC3CN(CC(=O)O)CCN(CC(=O)O)CCN3CC(=O)O)cc2)cc1)C(=O)O)C(=O)O. The van der Waals surface area contributed by atoms with Gasteiger partial charge in [-0.2, -0.15) is 0 Å². The Balaban J connectivity index is 1.24. The molecular weight excluding hydrogens is 1500 g/mol. The Morgan fingerprint density at radius 3 is 1.17 bits per heavy atom. The van der Waals surface area contributed by atoms with Crippen LogP contribution in [0.3, 0.4) is 0 Å². The first-order valence-electron chi connectivity index (χ1n) is 36.3. The number of carboxylic acid groups (broad SMARTS) is 5. The molecule has 3 aromatic rings. The molecular formula is C71H106N20O17S3. The number of carbonyl (C=O) groups is 12. The van der Waals surface area contributed by atoms with E-state index in [1.807, 2.05) is 56.0 Å². The number of hydrogen-bond donors (Lipinski definition) is 17. The second kappa shape index (κ2) is 48.7. The van der Waals surface area contributed by atoms with E-state index in [-0.39, 0.29) is 170 Å². The highest BCUT2D eigenvalue weighted by molar-refractivity contribution is 7.80. The molecule has 4 atom stereocenters. The molecule has 2 aliphatic rings. The Morgan fingerprint density at radius 1 is 0.432 bits per heavy atom. The van der Waals surface area contributed by atoms with Gasteiger partial charge in [0.25, 0.3) is 0 Å². The van der Waals surface area contributed by atoms with Gasteiger partial charge in [-0.1, -0.05) is 36.4 Å². The van der Waals surface area contributed by atoms with Gasteiger partial charge in [-0.3, -0.25) is 72.7 Å². The van der Waals surface area contributed by atoms with E-state index >= 15 is 0 Å². The van der Waals surface area contributed by atoms with E-state index in [4.69, 9.17) is 59.6 Å². The molecule has 2 aliphatic heterocycles. The number of primary amides is 4. The summed E-state index contributed by atoms with van der Waals surface area (Å²) in [6.45, 7) is 4.67. The Bertz CT molecular complexity index is 3650. The van der Waals surface area contributed by atoms with Crippen LogP contribution in [0.4, 0.5) is 21.9 Å². The van der Waals surface area contributed by atoms with Gasteiger partial charge in [0.2, 0.25) is 29.5 Å². The van der Waals surface area contributed by atoms with Crippen LogP contribution in [0.1, 0.15) is 62.1 Å². The minimum absolute atomic E-state index is 0.00844. The number of ketones is 1. The van der Waals surface area contributed by atoms with E-state index in [0.29, 0.717) is 94.1 Å². The van der Waals surface area contributed by atoms with E-state index < -0.39 is 83.7 Å². The molecule has 0 bridgehead atoms. The number of anilines is 3. The second-order valence-electron chi connectivity index (χ2n) is 27.3. The average molecular weight is 1610 g/mol. The van der Waals surface area contributed by atoms with E-state index in [2.05, 4.69) is 42.5 Å². The highest BCUT2D eigenvalue weighted by Crippen LogP contribution is 2.20. The van der Waals surface area contributed by atoms with Crippen LogP contribution < -0.4 is 65.5 Å². The van der Waals surface area contributed by atoms with Crippen molar-refractivity contribution in [3.63, 3.8) is 0 Å². The van der Waals surface area contributed by atoms with Gasteiger partial charge in [0.05, 0.1) is 52.2 Å². The molecule has 0 radical (unpaired) electrons. The van der Waals surface area contributed by atoms with Gasteiger partial charge in [-0.25, -0.2) is 14.4 Å². The first kappa shape index (κ1) is 91.7. The zero-order valence-electron chi connectivity index (χ0n) is 62.3. The molecule has 2 heterocycles. The predicted molar refractivity (Wildman–Crippen MR) is 425 cm³/mol. The third-order valence-electron chi connectivity index (χ3n) is 18.2. The Labute approximate surface area is 660 Å². The summed E-state index contributed by atoms with van der Waals surface area (Å²) < 4.78 is 0. The van der Waals surface area contributed by atoms with Gasteiger partial charge in [0, 0.05) is 147 Å². The van der Waals surface area contributed by atoms with Gasteiger partial charge < -0.3 is 101 Å². The smallest absolute Gasteiger partial charge is 0.326 e. The Kier molecular flexibility index (Phi) is 40.2. The Hall–Kier alpha value is -9.91. The van der Waals surface area contributed by atoms with Crippen molar-refractivity contribution < 1.29 is 83.1 Å². The minimum atomic E-state index is -1.32. The van der Waals surface area contributed by atoms with Crippen LogP contribution in [-0.4, -0.2) is 333 Å². The minimum Gasteiger partial charge on any atom is -0.480 e. The number of nitrogens with two attached hydrogens (primary N) is 4. The van der Waals surface area contributed by atoms with E-state index in [0.717, 1.165) is 11.1 Å². The number of nitrogens with one attached hydrogen (secondary N) is 8. The lowest BCUT2D eigenvalue weighted by atomic mass is 10.0. The highest BCUT2D eigenvalue weighted by atomic mass is 32.1. The molecule has 2 saturated heterocycles. The molecule has 5 rings (SSSR count). The maximum atomic E-state index is 14.3. The maximum Gasteiger partial charge on any atom is 0.326 e. The van der Waals surface area contributed by atoms with Gasteiger partial charge in [0.15, 0.2) is 15.3 Å². The van der Waals surface area contributed by atoms with Crippen LogP contribution in [0.2, 0.25) is 0 Å². The van der Waals surface area contributed by atoms with Crippen molar-refractivity contribution in [1.29, 1.82) is 0 Å². The van der Waals surface area contributed by atoms with Crippen LogP contribution in [0.25, 0.3) is 0 Å². The molecule has 0 aromatic heterocycles. The predicted octanol–water partition coefficient (Wildman–Crippen LogP) is -2.39. The standard InChI is InChI=1S/C71H106N20O17S3/c1-47(92)5-4-7-57(67(106)107)83-68(108)82-56(66(104)105)6-2-3-20-76-69(109)79-53-18-12-50(13-19-53)37-62(97)89(24-22-78-71(111)81-52-16-10-49(11-17-52)36-55-39-88(45-64(100)101)30-28-86(44-63(98)99)32-34-91(55)46-65(102)103)23-21-77-70(110)80-51-14-8-48(9-15-51)35-54-38-87(42-60(74)95)29-27-84(40-58(72)93)25-26-85(41-59(73)94)31-33-90(54)43-61(75)96/h8-19,54-57H,2-7,20-46H2,1H3,(H2,72,93)(H2,73,94)(H2,74,95)(H2,75,96)(H,98,99)(H,100,101)(H,102,103)(H,104,105)(H,106,107)(H2,76,79,109)(H2,77,80,110)(H2,78,81,111)(H2,82,83,108). The Morgan fingerprint density at radius 2 is 0.775 bits per heavy atom. The molecule has 0 saturated carbocycles. The van der Waals surface area contributed by atoms with Crippen molar-refractivity contribution in [2.45, 2.75) is 88.9 Å². The summed E-state index contributed by atoms with van der Waals surface area (Å²) in [4.78, 5) is 161. The normalized spacial score (nSPS) is 16.7. The first-order valence-corrected chi connectivity index (χ1v) is 37.6. The highest BCUT2D eigenvalue weighted by Gasteiger charge is 2.31. The van der Waals surface area contributed by atoms with E-state index in [1.54, 1.807) is 56.0 Å². The average Bonchev–Trinajstić information content (AvgIpc) is 1.69. The molecule has 0 spiro atoms. The molecule has 4 unspecified atom stereocenters. The largest absolute Gasteiger partial charge is 0.480 e. The maximum absolute atomic E-state index is 14.3. The van der Waals surface area contributed by atoms with E-state index in [9.17, 15) is 83.1 Å². The van der Waals surface area contributed by atoms with Gasteiger partial charge in [-0.15, -0.1) is 0 Å². The molecule has 37 nitrogen and oxygen atoms in total. The van der Waals surface area contributed by atoms with Crippen LogP contribution in [0.15, 0.2) is 72.8 Å². The molecule has 0 aliphatic carbocycles. The number of nitrogens with zero attached hydrogens (tertiary/aromatic N) is 8. The number of benzene rings is 3. The van der Waals surface area contributed by atoms with E-state index in [1.165, 1.54) is 6.92 Å². The molecule has 40 heteroatoms. The topological polar surface area (TPSA) is 532 Å². The summed E-state index contributed by atoms with van der Waals surface area (Å²) in [6, 6.07) is 17.3. The fourth-order valence-electron chi connectivity index (χ4n) is 12.7. The van der Waals surface area contributed by atoms with Crippen molar-refractivity contribution in [2.24, 2.45) is 22.9 Å². The van der Waals surface area contributed by atoms with Crippen molar-refractivity contribution in [1.82, 2.24) is 65.8 Å². The number of thiocarbonyl (C=S) groups is 3. The van der Waals surface area contributed by atoms with Gasteiger partial charge in [-0.05, 0) is 142 Å². The monoisotopic (exact) mass is 1610 g/mol. The van der Waals surface area contributed by atoms with Crippen LogP contribution in [-0.2, 0) is 72.0 Å². The summed E-state index contributed by atoms with van der Waals surface area (Å²) in [7, 11) is 0. The number of rotatable bonds is 42. The van der Waals surface area contributed by atoms with Crippen LogP contribution >= 0.6 is 36.7 Å². The molecule has 610 valence electrons. The molecule has 111 heavy (non-hydrogen) atoms. The van der Waals surface area contributed by atoms with Gasteiger partial charge >= 0.3 is 35.9 Å². The number of hydrogen-bond acceptors (Lipinski definition) is 22. The summed E-state index contributed by atoms with van der Waals surface area (Å²) in [5, 5.41) is 72.6. The molecule has 2 fully saturated rings. The number of Topliss-reactive ketones (excluding diaryl/α,β-unsaturated/α-hetero) is 1. The van der Waals surface area contributed by atoms with Crippen molar-refractivity contribution in [2.75, 3.05) is 173 Å². The zero-order valence-corrected chi connectivity index (χ0v) is 64.8. The third-order valence-corrected chi connectivity index (χ3v) is 18.9. The first-order chi connectivity index (χ1) is 52.7. The molecule has 21 N–H and O–H groups in total. The third kappa shape index (κ3) is 38.0. The quantitative estimate of drug-likeness (QED) is 0.0208. The zero-order chi connectivity index (χ0) is 81.5. The van der Waals surface area contributed by atoms with Crippen molar-refractivity contribution >= 4 is 140 Å². The van der Waals surface area contributed by atoms with Crippen LogP contribution in [0.5, 0.6) is 0 Å². The summed E-state index contributed by atoms with van der Waals surface area (Å²) in [6.07, 6.45) is 1.91. The number of unbranched alkanes of at least 4 members (excludes halogenated alkanes) is 1. The number of aliphatic carboxylic acids is 5.